The minimum atomic E-state index is -0.116. The van der Waals surface area contributed by atoms with E-state index in [1.807, 2.05) is 0 Å². The normalized spacial score (nSPS) is 10.2. The summed E-state index contributed by atoms with van der Waals surface area (Å²) in [6.07, 6.45) is 0. The zero-order valence-electron chi connectivity index (χ0n) is 8.21. The van der Waals surface area contributed by atoms with Crippen LogP contribution in [0.25, 0.3) is 0 Å². The quantitative estimate of drug-likeness (QED) is 0.613. The van der Waals surface area contributed by atoms with Crippen LogP contribution in [-0.2, 0) is 0 Å². The molecule has 4 heteroatoms. The maximum Gasteiger partial charge on any atom is 0.229 e. The fourth-order valence-electron chi connectivity index (χ4n) is 1.44. The van der Waals surface area contributed by atoms with Crippen molar-refractivity contribution in [2.24, 2.45) is 0 Å². The zero-order valence-corrected chi connectivity index (χ0v) is 8.21. The molecule has 4 nitrogen and oxygen atoms in total. The first-order valence-corrected chi connectivity index (χ1v) is 4.03. The van der Waals surface area contributed by atoms with Gasteiger partial charge in [0.15, 0.2) is 5.78 Å². The number of ketones is 1. The molecule has 1 heterocycles. The number of hydrogen-bond donors (Lipinski definition) is 0. The summed E-state index contributed by atoms with van der Waals surface area (Å²) in [7, 11) is 0. The van der Waals surface area contributed by atoms with Gasteiger partial charge in [0, 0.05) is 13.8 Å². The van der Waals surface area contributed by atoms with Gasteiger partial charge in [-0.2, -0.15) is 0 Å². The number of rotatable bonds is 1. The van der Waals surface area contributed by atoms with Gasteiger partial charge >= 0.3 is 0 Å². The van der Waals surface area contributed by atoms with Crippen LogP contribution in [0.15, 0.2) is 0 Å². The highest BCUT2D eigenvalue weighted by molar-refractivity contribution is 5.94. The topological polar surface area (TPSA) is 52.0 Å². The van der Waals surface area contributed by atoms with Crippen LogP contribution >= 0.6 is 0 Å². The SMILES string of the molecule is CC(=O)c1nc(C)n(C(C)=O)c1C. The van der Waals surface area contributed by atoms with Crippen LogP contribution in [-0.4, -0.2) is 21.2 Å². The van der Waals surface area contributed by atoms with Crippen LogP contribution in [0, 0.1) is 13.8 Å². The largest absolute Gasteiger partial charge is 0.293 e. The lowest BCUT2D eigenvalue weighted by molar-refractivity contribution is 0.0932. The van der Waals surface area contributed by atoms with Gasteiger partial charge in [-0.1, -0.05) is 0 Å². The molecule has 0 radical (unpaired) electrons. The summed E-state index contributed by atoms with van der Waals surface area (Å²) in [5.74, 6) is 0.339. The molecular weight excluding hydrogens is 168 g/mol. The highest BCUT2D eigenvalue weighted by Gasteiger charge is 2.15. The molecule has 0 aliphatic heterocycles. The molecule has 13 heavy (non-hydrogen) atoms. The Morgan fingerprint density at radius 2 is 1.77 bits per heavy atom. The molecular formula is C9H12N2O2. The molecule has 0 atom stereocenters. The Hall–Kier alpha value is -1.45. The van der Waals surface area contributed by atoms with Crippen molar-refractivity contribution in [3.05, 3.63) is 17.2 Å². The van der Waals surface area contributed by atoms with E-state index in [1.165, 1.54) is 18.4 Å². The number of hydrogen-bond acceptors (Lipinski definition) is 3. The van der Waals surface area contributed by atoms with Gasteiger partial charge in [-0.3, -0.25) is 14.2 Å². The molecule has 1 aromatic rings. The van der Waals surface area contributed by atoms with E-state index in [0.717, 1.165) is 0 Å². The van der Waals surface area contributed by atoms with Crippen molar-refractivity contribution in [3.8, 4) is 0 Å². The maximum atomic E-state index is 11.1. The van der Waals surface area contributed by atoms with Crippen LogP contribution in [0.1, 0.15) is 40.6 Å². The number of imidazole rings is 1. The number of nitrogens with zero attached hydrogens (tertiary/aromatic N) is 2. The van der Waals surface area contributed by atoms with E-state index in [1.54, 1.807) is 13.8 Å². The summed E-state index contributed by atoms with van der Waals surface area (Å²) >= 11 is 0. The first kappa shape index (κ1) is 9.64. The highest BCUT2D eigenvalue weighted by Crippen LogP contribution is 2.10. The number of carbonyl (C=O) groups excluding carboxylic acids is 2. The van der Waals surface area contributed by atoms with Crippen molar-refractivity contribution < 1.29 is 9.59 Å². The monoisotopic (exact) mass is 180 g/mol. The molecule has 1 aromatic heterocycles. The van der Waals surface area contributed by atoms with Gasteiger partial charge in [-0.05, 0) is 13.8 Å². The van der Waals surface area contributed by atoms with Gasteiger partial charge in [-0.15, -0.1) is 0 Å². The molecule has 70 valence electrons. The Labute approximate surface area is 76.6 Å². The third-order valence-electron chi connectivity index (χ3n) is 1.92. The maximum absolute atomic E-state index is 11.1. The molecule has 0 fully saturated rings. The van der Waals surface area contributed by atoms with E-state index in [9.17, 15) is 9.59 Å². The van der Waals surface area contributed by atoms with Gasteiger partial charge < -0.3 is 0 Å². The van der Waals surface area contributed by atoms with E-state index in [4.69, 9.17) is 0 Å². The number of aryl methyl sites for hydroxylation is 1. The zero-order chi connectivity index (χ0) is 10.2. The first-order chi connectivity index (χ1) is 5.95. The first-order valence-electron chi connectivity index (χ1n) is 4.03. The molecule has 0 unspecified atom stereocenters. The van der Waals surface area contributed by atoms with Crippen molar-refractivity contribution in [3.63, 3.8) is 0 Å². The Kier molecular flexibility index (Phi) is 2.32. The third kappa shape index (κ3) is 1.52. The molecule has 0 bridgehead atoms. The predicted molar refractivity (Wildman–Crippen MR) is 48.0 cm³/mol. The van der Waals surface area contributed by atoms with Gasteiger partial charge in [-0.25, -0.2) is 4.98 Å². The van der Waals surface area contributed by atoms with Crippen molar-refractivity contribution in [2.75, 3.05) is 0 Å². The van der Waals surface area contributed by atoms with E-state index >= 15 is 0 Å². The third-order valence-corrected chi connectivity index (χ3v) is 1.92. The van der Waals surface area contributed by atoms with Crippen LogP contribution in [0.5, 0.6) is 0 Å². The van der Waals surface area contributed by atoms with E-state index < -0.39 is 0 Å². The van der Waals surface area contributed by atoms with Crippen LogP contribution in [0.2, 0.25) is 0 Å². The summed E-state index contributed by atoms with van der Waals surface area (Å²) < 4.78 is 1.44. The Balaban J connectivity index is 3.39. The molecule has 0 amide bonds. The second kappa shape index (κ2) is 3.12. The summed E-state index contributed by atoms with van der Waals surface area (Å²) in [5, 5.41) is 0. The average Bonchev–Trinajstić information content (AvgIpc) is 2.26. The fourth-order valence-corrected chi connectivity index (χ4v) is 1.44. The lowest BCUT2D eigenvalue weighted by Crippen LogP contribution is -2.10. The molecule has 0 aliphatic carbocycles. The molecule has 0 aliphatic rings. The number of aromatic nitrogens is 2. The van der Waals surface area contributed by atoms with Crippen molar-refractivity contribution >= 4 is 11.7 Å². The average molecular weight is 180 g/mol. The lowest BCUT2D eigenvalue weighted by atomic mass is 10.2. The summed E-state index contributed by atoms with van der Waals surface area (Å²) in [5.41, 5.74) is 1.00. The summed E-state index contributed by atoms with van der Waals surface area (Å²) in [4.78, 5) is 26.2. The molecule has 0 N–H and O–H groups in total. The predicted octanol–water partition coefficient (Wildman–Crippen LogP) is 1.36. The molecule has 1 rings (SSSR count). The Bertz CT molecular complexity index is 377. The molecule has 0 spiro atoms. The minimum absolute atomic E-state index is 0.111. The van der Waals surface area contributed by atoms with E-state index in [-0.39, 0.29) is 11.7 Å². The summed E-state index contributed by atoms with van der Waals surface area (Å²) in [6.45, 7) is 6.32. The van der Waals surface area contributed by atoms with Gasteiger partial charge in [0.05, 0.1) is 5.69 Å². The van der Waals surface area contributed by atoms with Crippen LogP contribution < -0.4 is 0 Å². The highest BCUT2D eigenvalue weighted by atomic mass is 16.2. The van der Waals surface area contributed by atoms with E-state index in [2.05, 4.69) is 4.98 Å². The summed E-state index contributed by atoms with van der Waals surface area (Å²) in [6, 6.07) is 0. The Morgan fingerprint density at radius 3 is 2.00 bits per heavy atom. The second-order valence-electron chi connectivity index (χ2n) is 3.00. The van der Waals surface area contributed by atoms with E-state index in [0.29, 0.717) is 17.2 Å². The van der Waals surface area contributed by atoms with Crippen molar-refractivity contribution in [1.82, 2.24) is 9.55 Å². The number of carbonyl (C=O) groups is 2. The molecule has 0 aromatic carbocycles. The Morgan fingerprint density at radius 1 is 1.23 bits per heavy atom. The van der Waals surface area contributed by atoms with Crippen molar-refractivity contribution in [2.45, 2.75) is 27.7 Å². The smallest absolute Gasteiger partial charge is 0.229 e. The van der Waals surface area contributed by atoms with Gasteiger partial charge in [0.1, 0.15) is 11.5 Å². The second-order valence-corrected chi connectivity index (χ2v) is 3.00. The van der Waals surface area contributed by atoms with Crippen LogP contribution in [0.4, 0.5) is 0 Å². The molecule has 0 saturated carbocycles. The lowest BCUT2D eigenvalue weighted by Gasteiger charge is -2.00. The van der Waals surface area contributed by atoms with Gasteiger partial charge in [0.2, 0.25) is 5.91 Å². The van der Waals surface area contributed by atoms with Crippen molar-refractivity contribution in [1.29, 1.82) is 0 Å². The van der Waals surface area contributed by atoms with Gasteiger partial charge in [0.25, 0.3) is 0 Å². The standard InChI is InChI=1S/C9H12N2O2/c1-5-9(6(2)12)10-7(3)11(5)8(4)13/h1-4H3. The number of Topliss-reactive ketones (excluding diaryl/α,β-unsaturated/α-hetero) is 1. The fraction of sp³-hybridized carbons (Fsp3) is 0.444. The van der Waals surface area contributed by atoms with Crippen LogP contribution in [0.3, 0.4) is 0 Å². The minimum Gasteiger partial charge on any atom is -0.293 e. The molecule has 0 saturated heterocycles.